The number of ether oxygens (including phenoxy) is 1. The topological polar surface area (TPSA) is 60.4 Å². The highest BCUT2D eigenvalue weighted by Crippen LogP contribution is 2.04. The normalized spacial score (nSPS) is 10.0. The summed E-state index contributed by atoms with van der Waals surface area (Å²) in [5.74, 6) is -2.87. The fraction of sp³-hybridized carbons (Fsp3) is 0.700. The Morgan fingerprint density at radius 2 is 1.64 bits per heavy atom. The molecule has 0 aliphatic carbocycles. The van der Waals surface area contributed by atoms with Crippen LogP contribution in [0.2, 0.25) is 0 Å². The van der Waals surface area contributed by atoms with Crippen LogP contribution in [0, 0.1) is 5.92 Å². The molecule has 0 N–H and O–H groups in total. The van der Waals surface area contributed by atoms with Gasteiger partial charge in [-0.15, -0.1) is 0 Å². The van der Waals surface area contributed by atoms with E-state index in [9.17, 15) is 14.4 Å². The fourth-order valence-electron chi connectivity index (χ4n) is 1.02. The lowest BCUT2D eigenvalue weighted by atomic mass is 10.0. The number of unbranched alkanes of at least 4 members (excludes halogenated alkanes) is 1. The Morgan fingerprint density at radius 3 is 2.00 bits per heavy atom. The Hall–Kier alpha value is -1.19. The van der Waals surface area contributed by atoms with Crippen LogP contribution in [0.25, 0.3) is 0 Å². The molecule has 0 rings (SSSR count). The molecule has 0 aromatic rings. The zero-order chi connectivity index (χ0) is 11.1. The van der Waals surface area contributed by atoms with Gasteiger partial charge < -0.3 is 4.74 Å². The number of rotatable bonds is 6. The molecule has 4 nitrogen and oxygen atoms in total. The Morgan fingerprint density at radius 1 is 1.14 bits per heavy atom. The van der Waals surface area contributed by atoms with Crippen molar-refractivity contribution in [3.63, 3.8) is 0 Å². The second kappa shape index (κ2) is 6.29. The molecule has 0 aromatic heterocycles. The maximum atomic E-state index is 11.2. The van der Waals surface area contributed by atoms with Crippen LogP contribution in [-0.2, 0) is 19.1 Å². The molecular formula is C10H16O4. The molecule has 0 bridgehead atoms. The fourth-order valence-corrected chi connectivity index (χ4v) is 1.02. The third kappa shape index (κ3) is 4.16. The average molecular weight is 200 g/mol. The van der Waals surface area contributed by atoms with Gasteiger partial charge in [0, 0.05) is 0 Å². The minimum atomic E-state index is -1.23. The van der Waals surface area contributed by atoms with Crippen molar-refractivity contribution >= 4 is 17.5 Å². The molecule has 0 heterocycles. The Balaban J connectivity index is 4.17. The largest absolute Gasteiger partial charge is 0.465 e. The minimum Gasteiger partial charge on any atom is -0.465 e. The summed E-state index contributed by atoms with van der Waals surface area (Å²) in [5, 5.41) is 0. The van der Waals surface area contributed by atoms with Crippen molar-refractivity contribution in [3.05, 3.63) is 0 Å². The van der Waals surface area contributed by atoms with Crippen LogP contribution in [0.5, 0.6) is 0 Å². The Bertz CT molecular complexity index is 218. The van der Waals surface area contributed by atoms with Crippen molar-refractivity contribution in [2.24, 2.45) is 5.92 Å². The predicted octanol–water partition coefficient (Wildman–Crippen LogP) is 1.12. The standard InChI is InChI=1S/C10H16O4/c1-4-5-6-14-10(13)9(7(2)11)8(3)12/h9H,4-6H2,1-3H3. The zero-order valence-electron chi connectivity index (χ0n) is 8.83. The number of hydrogen-bond acceptors (Lipinski definition) is 4. The summed E-state index contributed by atoms with van der Waals surface area (Å²) >= 11 is 0. The molecule has 0 saturated heterocycles. The first-order valence-corrected chi connectivity index (χ1v) is 4.68. The van der Waals surface area contributed by atoms with Crippen molar-refractivity contribution < 1.29 is 19.1 Å². The van der Waals surface area contributed by atoms with Gasteiger partial charge in [-0.25, -0.2) is 0 Å². The van der Waals surface area contributed by atoms with E-state index < -0.39 is 23.5 Å². The van der Waals surface area contributed by atoms with Crippen molar-refractivity contribution in [2.75, 3.05) is 6.61 Å². The smallest absolute Gasteiger partial charge is 0.324 e. The van der Waals surface area contributed by atoms with E-state index in [2.05, 4.69) is 0 Å². The number of carbonyl (C=O) groups excluding carboxylic acids is 3. The summed E-state index contributed by atoms with van der Waals surface area (Å²) in [6.45, 7) is 4.66. The van der Waals surface area contributed by atoms with Crippen LogP contribution in [0.3, 0.4) is 0 Å². The maximum Gasteiger partial charge on any atom is 0.324 e. The van der Waals surface area contributed by atoms with Gasteiger partial charge in [0.05, 0.1) is 6.61 Å². The summed E-state index contributed by atoms with van der Waals surface area (Å²) in [4.78, 5) is 33.1. The van der Waals surface area contributed by atoms with E-state index in [1.807, 2.05) is 6.92 Å². The lowest BCUT2D eigenvalue weighted by Gasteiger charge is -2.09. The average Bonchev–Trinajstić information content (AvgIpc) is 2.03. The number of ketones is 2. The van der Waals surface area contributed by atoms with Crippen LogP contribution < -0.4 is 0 Å². The summed E-state index contributed by atoms with van der Waals surface area (Å²) in [7, 11) is 0. The third-order valence-corrected chi connectivity index (χ3v) is 1.79. The molecular weight excluding hydrogens is 184 g/mol. The zero-order valence-corrected chi connectivity index (χ0v) is 8.83. The highest BCUT2D eigenvalue weighted by molar-refractivity contribution is 6.15. The lowest BCUT2D eigenvalue weighted by molar-refractivity contribution is -0.154. The molecule has 0 unspecified atom stereocenters. The summed E-state index contributed by atoms with van der Waals surface area (Å²) in [6.07, 6.45) is 1.65. The van der Waals surface area contributed by atoms with Gasteiger partial charge in [-0.2, -0.15) is 0 Å². The Kier molecular flexibility index (Phi) is 5.76. The van der Waals surface area contributed by atoms with Gasteiger partial charge in [0.15, 0.2) is 17.5 Å². The van der Waals surface area contributed by atoms with Gasteiger partial charge in [-0.1, -0.05) is 13.3 Å². The van der Waals surface area contributed by atoms with Gasteiger partial charge in [0.25, 0.3) is 0 Å². The predicted molar refractivity (Wildman–Crippen MR) is 50.7 cm³/mol. The van der Waals surface area contributed by atoms with Crippen molar-refractivity contribution in [2.45, 2.75) is 33.6 Å². The van der Waals surface area contributed by atoms with E-state index in [1.54, 1.807) is 0 Å². The molecule has 0 aliphatic heterocycles. The van der Waals surface area contributed by atoms with Crippen LogP contribution in [0.15, 0.2) is 0 Å². The van der Waals surface area contributed by atoms with Gasteiger partial charge >= 0.3 is 5.97 Å². The molecule has 80 valence electrons. The van der Waals surface area contributed by atoms with E-state index in [4.69, 9.17) is 4.74 Å². The quantitative estimate of drug-likeness (QED) is 0.366. The molecule has 0 atom stereocenters. The molecule has 0 saturated carbocycles. The van der Waals surface area contributed by atoms with Crippen LogP contribution in [-0.4, -0.2) is 24.1 Å². The van der Waals surface area contributed by atoms with Gasteiger partial charge in [-0.3, -0.25) is 14.4 Å². The molecule has 0 aromatic carbocycles. The first-order chi connectivity index (χ1) is 6.50. The highest BCUT2D eigenvalue weighted by Gasteiger charge is 2.29. The third-order valence-electron chi connectivity index (χ3n) is 1.79. The Labute approximate surface area is 83.6 Å². The molecule has 0 fully saturated rings. The second-order valence-corrected chi connectivity index (χ2v) is 3.18. The molecule has 0 radical (unpaired) electrons. The van der Waals surface area contributed by atoms with E-state index in [0.717, 1.165) is 12.8 Å². The van der Waals surface area contributed by atoms with Crippen LogP contribution in [0.1, 0.15) is 33.6 Å². The number of esters is 1. The molecule has 0 amide bonds. The van der Waals surface area contributed by atoms with Crippen LogP contribution >= 0.6 is 0 Å². The number of carbonyl (C=O) groups is 3. The number of hydrogen-bond donors (Lipinski definition) is 0. The molecule has 4 heteroatoms. The minimum absolute atomic E-state index is 0.270. The first-order valence-electron chi connectivity index (χ1n) is 4.68. The maximum absolute atomic E-state index is 11.2. The van der Waals surface area contributed by atoms with E-state index in [-0.39, 0.29) is 6.61 Å². The van der Waals surface area contributed by atoms with Gasteiger partial charge in [0.2, 0.25) is 0 Å². The van der Waals surface area contributed by atoms with Crippen LogP contribution in [0.4, 0.5) is 0 Å². The first kappa shape index (κ1) is 12.8. The highest BCUT2D eigenvalue weighted by atomic mass is 16.5. The monoisotopic (exact) mass is 200 g/mol. The van der Waals surface area contributed by atoms with Gasteiger partial charge in [0.1, 0.15) is 0 Å². The summed E-state index contributed by atoms with van der Waals surface area (Å²) in [6, 6.07) is 0. The number of Topliss-reactive ketones (excluding diaryl/α,β-unsaturated/α-hetero) is 2. The van der Waals surface area contributed by atoms with E-state index in [1.165, 1.54) is 13.8 Å². The van der Waals surface area contributed by atoms with Gasteiger partial charge in [-0.05, 0) is 20.3 Å². The van der Waals surface area contributed by atoms with Crippen molar-refractivity contribution in [1.29, 1.82) is 0 Å². The second-order valence-electron chi connectivity index (χ2n) is 3.18. The van der Waals surface area contributed by atoms with E-state index in [0.29, 0.717) is 0 Å². The molecule has 0 spiro atoms. The van der Waals surface area contributed by atoms with E-state index >= 15 is 0 Å². The van der Waals surface area contributed by atoms with Crippen molar-refractivity contribution in [3.8, 4) is 0 Å². The lowest BCUT2D eigenvalue weighted by Crippen LogP contribution is -2.30. The summed E-state index contributed by atoms with van der Waals surface area (Å²) < 4.78 is 4.79. The molecule has 14 heavy (non-hydrogen) atoms. The summed E-state index contributed by atoms with van der Waals surface area (Å²) in [5.41, 5.74) is 0. The molecule has 0 aliphatic rings. The SMILES string of the molecule is CCCCOC(=O)C(C(C)=O)C(C)=O. The van der Waals surface area contributed by atoms with Crippen molar-refractivity contribution in [1.82, 2.24) is 0 Å².